The van der Waals surface area contributed by atoms with E-state index < -0.39 is 5.97 Å². The largest absolute Gasteiger partial charge is 0.507 e. The van der Waals surface area contributed by atoms with Gasteiger partial charge in [-0.1, -0.05) is 26.0 Å². The lowest BCUT2D eigenvalue weighted by molar-refractivity contribution is -0.116. The molecule has 2 aromatic rings. The van der Waals surface area contributed by atoms with Gasteiger partial charge in [-0.2, -0.15) is 0 Å². The maximum absolute atomic E-state index is 13.7. The quantitative estimate of drug-likeness (QED) is 0.455. The van der Waals surface area contributed by atoms with Gasteiger partial charge in [0, 0.05) is 56.2 Å². The Morgan fingerprint density at radius 3 is 2.28 bits per heavy atom. The van der Waals surface area contributed by atoms with E-state index in [4.69, 9.17) is 14.9 Å². The number of aromatic hydroxyl groups is 1. The first-order chi connectivity index (χ1) is 20.4. The summed E-state index contributed by atoms with van der Waals surface area (Å²) in [5, 5.41) is 21.0. The Kier molecular flexibility index (Phi) is 5.97. The van der Waals surface area contributed by atoms with Gasteiger partial charge in [0.2, 0.25) is 5.78 Å². The predicted octanol–water partition coefficient (Wildman–Crippen LogP) is 4.00. The molecule has 1 aliphatic carbocycles. The highest BCUT2D eigenvalue weighted by molar-refractivity contribution is 6.10. The van der Waals surface area contributed by atoms with Crippen LogP contribution in [0, 0.1) is 5.41 Å². The van der Waals surface area contributed by atoms with E-state index in [9.17, 15) is 9.59 Å². The summed E-state index contributed by atoms with van der Waals surface area (Å²) in [7, 11) is 8.62. The van der Waals surface area contributed by atoms with Crippen LogP contribution in [-0.4, -0.2) is 90.3 Å². The van der Waals surface area contributed by atoms with Crippen LogP contribution in [0.5, 0.6) is 11.5 Å². The zero-order valence-electron chi connectivity index (χ0n) is 25.6. The highest BCUT2D eigenvalue weighted by Gasteiger charge is 2.57. The topological polar surface area (TPSA) is 109 Å². The number of aromatic carboxylic acids is 1. The SMILES string of the molecule is CN1CCC2(C)C3=C(C(=O)C4=C(C3)Nc3cc5c(cc3O4)N(C)C3N(C)CCC53C)N(C)C12.O=C(O)c1ccccc1O. The van der Waals surface area contributed by atoms with Crippen LogP contribution in [0.4, 0.5) is 11.4 Å². The number of nitrogens with one attached hydrogen (secondary N) is 1. The van der Waals surface area contributed by atoms with Crippen LogP contribution in [0.1, 0.15) is 49.0 Å². The molecule has 43 heavy (non-hydrogen) atoms. The summed E-state index contributed by atoms with van der Waals surface area (Å²) in [4.78, 5) is 33.4. The number of carboxylic acids is 1. The molecule has 0 spiro atoms. The van der Waals surface area contributed by atoms with E-state index in [0.717, 1.165) is 55.2 Å². The molecule has 0 saturated carbocycles. The van der Waals surface area contributed by atoms with Crippen LogP contribution >= 0.6 is 0 Å². The minimum absolute atomic E-state index is 0.00472. The second kappa shape index (κ2) is 9.24. The number of likely N-dealkylation sites (tertiary alicyclic amines) is 2. The molecule has 0 radical (unpaired) electrons. The molecule has 3 N–H and O–H groups in total. The van der Waals surface area contributed by atoms with E-state index in [1.54, 1.807) is 12.1 Å². The lowest BCUT2D eigenvalue weighted by atomic mass is 9.76. The van der Waals surface area contributed by atoms with Crippen molar-refractivity contribution in [3.8, 4) is 11.5 Å². The van der Waals surface area contributed by atoms with Crippen LogP contribution in [0.3, 0.4) is 0 Å². The van der Waals surface area contributed by atoms with Crippen LogP contribution in [0.15, 0.2) is 59.1 Å². The Labute approximate surface area is 251 Å². The number of carboxylic acid groups (broad SMARTS) is 1. The molecule has 5 heterocycles. The maximum atomic E-state index is 13.7. The normalized spacial score (nSPS) is 30.5. The number of hydrogen-bond acceptors (Lipinski definition) is 9. The smallest absolute Gasteiger partial charge is 0.339 e. The summed E-state index contributed by atoms with van der Waals surface area (Å²) in [6.07, 6.45) is 3.58. The monoisotopic (exact) mass is 585 g/mol. The van der Waals surface area contributed by atoms with Gasteiger partial charge in [-0.05, 0) is 56.3 Å². The van der Waals surface area contributed by atoms with Crippen molar-refractivity contribution in [2.45, 2.75) is 50.9 Å². The second-order valence-corrected chi connectivity index (χ2v) is 13.3. The molecule has 0 aromatic heterocycles. The van der Waals surface area contributed by atoms with Crippen molar-refractivity contribution in [3.05, 3.63) is 70.3 Å². The number of benzene rings is 2. The number of nitrogens with zero attached hydrogens (tertiary/aromatic N) is 4. The van der Waals surface area contributed by atoms with Gasteiger partial charge in [0.25, 0.3) is 0 Å². The summed E-state index contributed by atoms with van der Waals surface area (Å²) in [6, 6.07) is 10.2. The molecule has 10 heteroatoms. The van der Waals surface area contributed by atoms with Crippen molar-refractivity contribution in [3.63, 3.8) is 0 Å². The van der Waals surface area contributed by atoms with Crippen molar-refractivity contribution < 1.29 is 24.5 Å². The van der Waals surface area contributed by atoms with E-state index >= 15 is 0 Å². The lowest BCUT2D eigenvalue weighted by Crippen LogP contribution is -2.45. The Bertz CT molecular complexity index is 1650. The molecule has 6 aliphatic rings. The number of anilines is 2. The van der Waals surface area contributed by atoms with Crippen molar-refractivity contribution in [2.24, 2.45) is 5.41 Å². The minimum Gasteiger partial charge on any atom is -0.507 e. The van der Waals surface area contributed by atoms with Gasteiger partial charge in [0.05, 0.1) is 29.4 Å². The molecule has 4 atom stereocenters. The summed E-state index contributed by atoms with van der Waals surface area (Å²) >= 11 is 0. The molecule has 2 aromatic carbocycles. The number of fused-ring (bicyclic) bond motifs is 6. The van der Waals surface area contributed by atoms with Gasteiger partial charge in [-0.25, -0.2) is 4.79 Å². The number of Topliss-reactive ketones (excluding diaryl/α,β-unsaturated/α-hetero) is 1. The third kappa shape index (κ3) is 3.72. The molecule has 2 fully saturated rings. The highest BCUT2D eigenvalue weighted by atomic mass is 16.5. The van der Waals surface area contributed by atoms with Crippen molar-refractivity contribution in [1.82, 2.24) is 14.7 Å². The highest BCUT2D eigenvalue weighted by Crippen LogP contribution is 2.57. The molecule has 5 aliphatic heterocycles. The van der Waals surface area contributed by atoms with Crippen LogP contribution in [0.25, 0.3) is 0 Å². The van der Waals surface area contributed by atoms with Crippen molar-refractivity contribution in [2.75, 3.05) is 51.5 Å². The number of rotatable bonds is 1. The lowest BCUT2D eigenvalue weighted by Gasteiger charge is -2.34. The third-order valence-corrected chi connectivity index (χ3v) is 10.8. The van der Waals surface area contributed by atoms with Gasteiger partial charge in [0.15, 0.2) is 11.5 Å². The first kappa shape index (κ1) is 27.8. The van der Waals surface area contributed by atoms with E-state index in [0.29, 0.717) is 11.9 Å². The first-order valence-electron chi connectivity index (χ1n) is 14.9. The van der Waals surface area contributed by atoms with E-state index in [-0.39, 0.29) is 34.1 Å². The van der Waals surface area contributed by atoms with E-state index in [1.807, 2.05) is 0 Å². The van der Waals surface area contributed by atoms with Gasteiger partial charge < -0.3 is 30.1 Å². The van der Waals surface area contributed by atoms with Crippen molar-refractivity contribution >= 4 is 23.1 Å². The average Bonchev–Trinajstić information content (AvgIpc) is 3.59. The van der Waals surface area contributed by atoms with Crippen LogP contribution in [-0.2, 0) is 10.2 Å². The number of phenols is 1. The van der Waals surface area contributed by atoms with Crippen molar-refractivity contribution in [1.29, 1.82) is 0 Å². The Balaban J connectivity index is 0.000000257. The molecule has 0 bridgehead atoms. The number of likely N-dealkylation sites (N-methyl/N-ethyl adjacent to an activating group) is 3. The van der Waals surface area contributed by atoms with Gasteiger partial charge in [-0.3, -0.25) is 14.6 Å². The Hall–Kier alpha value is -4.02. The van der Waals surface area contributed by atoms with E-state index in [1.165, 1.54) is 29.0 Å². The Morgan fingerprint density at radius 1 is 0.977 bits per heavy atom. The number of ketones is 1. The third-order valence-electron chi connectivity index (χ3n) is 10.8. The number of hydrogen-bond donors (Lipinski definition) is 3. The number of ether oxygens (including phenoxy) is 1. The van der Waals surface area contributed by atoms with Gasteiger partial charge in [0.1, 0.15) is 11.3 Å². The standard InChI is InChI=1S/C26H33N5O2.C7H6O3/c1-25-7-9-28(3)23(25)30(5)18-13-19-16(11-14(18)25)27-17-12-15-20(21(32)22(17)33-19)31(6)24-26(15,2)8-10-29(24)4;8-6-4-2-1-3-5(6)7(9)10/h11,13,23-24,27H,7-10,12H2,1-6H3;1-4,8H,(H,9,10). The number of allylic oxidation sites excluding steroid dienone is 1. The number of para-hydroxylation sites is 1. The maximum Gasteiger partial charge on any atom is 0.339 e. The number of carbonyl (C=O) groups excluding carboxylic acids is 1. The molecule has 226 valence electrons. The molecular formula is C33H39N5O5. The molecule has 10 nitrogen and oxygen atoms in total. The summed E-state index contributed by atoms with van der Waals surface area (Å²) in [6.45, 7) is 6.88. The zero-order valence-corrected chi connectivity index (χ0v) is 25.6. The number of carbonyl (C=O) groups is 2. The molecule has 4 unspecified atom stereocenters. The predicted molar refractivity (Wildman–Crippen MR) is 163 cm³/mol. The van der Waals surface area contributed by atoms with E-state index in [2.05, 4.69) is 79.1 Å². The average molecular weight is 586 g/mol. The minimum atomic E-state index is -1.11. The second-order valence-electron chi connectivity index (χ2n) is 13.3. The molecular weight excluding hydrogens is 546 g/mol. The van der Waals surface area contributed by atoms with Gasteiger partial charge in [-0.15, -0.1) is 0 Å². The Morgan fingerprint density at radius 2 is 1.63 bits per heavy atom. The molecule has 2 saturated heterocycles. The fraction of sp³-hybridized carbons (Fsp3) is 0.455. The molecule has 0 amide bonds. The van der Waals surface area contributed by atoms with Crippen LogP contribution in [0.2, 0.25) is 0 Å². The first-order valence-corrected chi connectivity index (χ1v) is 14.9. The van der Waals surface area contributed by atoms with Gasteiger partial charge >= 0.3 is 5.97 Å². The summed E-state index contributed by atoms with van der Waals surface area (Å²) in [5.41, 5.74) is 6.67. The van der Waals surface area contributed by atoms with Crippen LogP contribution < -0.4 is 15.0 Å². The fourth-order valence-electron chi connectivity index (χ4n) is 8.78. The fourth-order valence-corrected chi connectivity index (χ4v) is 8.78. The summed E-state index contributed by atoms with van der Waals surface area (Å²) < 4.78 is 6.39. The molecule has 8 rings (SSSR count). The summed E-state index contributed by atoms with van der Waals surface area (Å²) in [5.74, 6) is -0.0583. The zero-order chi connectivity index (χ0) is 30.6.